The number of allylic oxidation sites excluding steroid dienone is 1. The van der Waals surface area contributed by atoms with E-state index in [0.29, 0.717) is 16.0 Å². The van der Waals surface area contributed by atoms with Gasteiger partial charge in [-0.2, -0.15) is 0 Å². The Bertz CT molecular complexity index is 811. The van der Waals surface area contributed by atoms with E-state index in [4.69, 9.17) is 23.2 Å². The number of aromatic amines is 1. The first-order valence-electron chi connectivity index (χ1n) is 8.26. The number of hydrogen-bond donors (Lipinski definition) is 2. The maximum Gasteiger partial charge on any atom is 0.304 e. The molecule has 1 aliphatic carbocycles. The molecule has 1 aromatic carbocycles. The van der Waals surface area contributed by atoms with E-state index in [9.17, 15) is 9.90 Å². The molecule has 24 heavy (non-hydrogen) atoms. The van der Waals surface area contributed by atoms with Crippen molar-refractivity contribution in [1.82, 2.24) is 4.98 Å². The zero-order valence-electron chi connectivity index (χ0n) is 13.7. The minimum absolute atomic E-state index is 0.121. The van der Waals surface area contributed by atoms with Crippen molar-refractivity contribution >= 4 is 40.1 Å². The highest BCUT2D eigenvalue weighted by Crippen LogP contribution is 2.51. The molecule has 3 rings (SSSR count). The molecular weight excluding hydrogens is 345 g/mol. The third-order valence-corrected chi connectivity index (χ3v) is 6.24. The number of H-pyrrole nitrogens is 1. The summed E-state index contributed by atoms with van der Waals surface area (Å²) >= 11 is 12.6. The molecule has 0 amide bonds. The molecule has 0 fully saturated rings. The van der Waals surface area contributed by atoms with Gasteiger partial charge in [0.2, 0.25) is 0 Å². The van der Waals surface area contributed by atoms with Gasteiger partial charge in [-0.25, -0.2) is 0 Å². The van der Waals surface area contributed by atoms with E-state index in [-0.39, 0.29) is 11.8 Å². The lowest BCUT2D eigenvalue weighted by Gasteiger charge is -2.38. The van der Waals surface area contributed by atoms with Crippen LogP contribution in [0.1, 0.15) is 56.2 Å². The molecule has 0 saturated carbocycles. The standard InChI is InChI=1S/C19H21Cl2NO2/c1-3-5-11-8-9-19(4-2,10-14(23)24)18-15(11)12-6-7-13(20)16(21)17(12)22-18/h3,6-7,11,22H,1,4-5,8-10H2,2H3,(H,23,24)/t11-,19-/m0/s1. The van der Waals surface area contributed by atoms with E-state index in [1.54, 1.807) is 0 Å². The van der Waals surface area contributed by atoms with Crippen LogP contribution in [0.4, 0.5) is 0 Å². The second-order valence-electron chi connectivity index (χ2n) is 6.66. The van der Waals surface area contributed by atoms with Gasteiger partial charge < -0.3 is 10.1 Å². The number of hydrogen-bond acceptors (Lipinski definition) is 1. The molecule has 0 radical (unpaired) electrons. The van der Waals surface area contributed by atoms with Gasteiger partial charge in [-0.1, -0.05) is 42.3 Å². The molecule has 3 nitrogen and oxygen atoms in total. The van der Waals surface area contributed by atoms with Gasteiger partial charge in [0.15, 0.2) is 0 Å². The summed E-state index contributed by atoms with van der Waals surface area (Å²) in [5.41, 5.74) is 2.64. The Labute approximate surface area is 151 Å². The molecule has 1 aliphatic rings. The van der Waals surface area contributed by atoms with Gasteiger partial charge in [0.25, 0.3) is 0 Å². The van der Waals surface area contributed by atoms with Crippen molar-refractivity contribution in [2.24, 2.45) is 0 Å². The first-order valence-corrected chi connectivity index (χ1v) is 9.02. The summed E-state index contributed by atoms with van der Waals surface area (Å²) in [4.78, 5) is 15.0. The number of carboxylic acids is 1. The van der Waals surface area contributed by atoms with Crippen LogP contribution < -0.4 is 0 Å². The maximum atomic E-state index is 11.5. The number of carboxylic acid groups (broad SMARTS) is 1. The molecule has 0 saturated heterocycles. The van der Waals surface area contributed by atoms with Crippen molar-refractivity contribution < 1.29 is 9.90 Å². The van der Waals surface area contributed by atoms with Crippen LogP contribution in [-0.4, -0.2) is 16.1 Å². The van der Waals surface area contributed by atoms with E-state index in [2.05, 4.69) is 18.5 Å². The van der Waals surface area contributed by atoms with E-state index >= 15 is 0 Å². The first kappa shape index (κ1) is 17.4. The zero-order chi connectivity index (χ0) is 17.5. The van der Waals surface area contributed by atoms with Crippen molar-refractivity contribution in [1.29, 1.82) is 0 Å². The summed E-state index contributed by atoms with van der Waals surface area (Å²) in [5, 5.41) is 11.5. The van der Waals surface area contributed by atoms with E-state index in [1.807, 2.05) is 18.2 Å². The minimum Gasteiger partial charge on any atom is -0.481 e. The number of fused-ring (bicyclic) bond motifs is 3. The highest BCUT2D eigenvalue weighted by Gasteiger charge is 2.42. The Morgan fingerprint density at radius 1 is 1.50 bits per heavy atom. The topological polar surface area (TPSA) is 53.1 Å². The van der Waals surface area contributed by atoms with Crippen LogP contribution in [0.5, 0.6) is 0 Å². The highest BCUT2D eigenvalue weighted by atomic mass is 35.5. The number of aliphatic carboxylic acids is 1. The minimum atomic E-state index is -0.771. The smallest absolute Gasteiger partial charge is 0.304 e. The predicted octanol–water partition coefficient (Wildman–Crippen LogP) is 6.05. The fourth-order valence-corrected chi connectivity index (χ4v) is 4.54. The summed E-state index contributed by atoms with van der Waals surface area (Å²) in [6.45, 7) is 5.93. The van der Waals surface area contributed by atoms with Crippen molar-refractivity contribution in [2.45, 2.75) is 50.4 Å². The normalized spacial score (nSPS) is 23.2. The second kappa shape index (κ2) is 6.45. The molecule has 5 heteroatoms. The number of rotatable bonds is 5. The summed E-state index contributed by atoms with van der Waals surface area (Å²) in [6, 6.07) is 3.80. The van der Waals surface area contributed by atoms with Gasteiger partial charge in [-0.15, -0.1) is 6.58 Å². The van der Waals surface area contributed by atoms with Crippen LogP contribution in [0.3, 0.4) is 0 Å². The van der Waals surface area contributed by atoms with Gasteiger partial charge in [-0.3, -0.25) is 4.79 Å². The van der Waals surface area contributed by atoms with E-state index in [1.165, 1.54) is 5.56 Å². The lowest BCUT2D eigenvalue weighted by atomic mass is 9.65. The summed E-state index contributed by atoms with van der Waals surface area (Å²) in [5.74, 6) is -0.440. The first-order chi connectivity index (χ1) is 11.4. The largest absolute Gasteiger partial charge is 0.481 e. The molecule has 2 N–H and O–H groups in total. The predicted molar refractivity (Wildman–Crippen MR) is 99.3 cm³/mol. The lowest BCUT2D eigenvalue weighted by Crippen LogP contribution is -2.34. The molecule has 1 heterocycles. The monoisotopic (exact) mass is 365 g/mol. The van der Waals surface area contributed by atoms with Gasteiger partial charge >= 0.3 is 5.97 Å². The number of halogens is 2. The zero-order valence-corrected chi connectivity index (χ0v) is 15.2. The highest BCUT2D eigenvalue weighted by molar-refractivity contribution is 6.45. The third-order valence-electron chi connectivity index (χ3n) is 5.43. The molecule has 2 aromatic rings. The Kier molecular flexibility index (Phi) is 4.67. The Morgan fingerprint density at radius 3 is 2.88 bits per heavy atom. The van der Waals surface area contributed by atoms with Crippen LogP contribution in [0, 0.1) is 0 Å². The molecule has 0 unspecified atom stereocenters. The van der Waals surface area contributed by atoms with Crippen molar-refractivity contribution in [3.63, 3.8) is 0 Å². The Morgan fingerprint density at radius 2 is 2.25 bits per heavy atom. The number of carbonyl (C=O) groups is 1. The average molecular weight is 366 g/mol. The third kappa shape index (κ3) is 2.64. The van der Waals surface area contributed by atoms with Crippen LogP contribution in [0.25, 0.3) is 10.9 Å². The number of benzene rings is 1. The van der Waals surface area contributed by atoms with Gasteiger partial charge in [0.05, 0.1) is 22.0 Å². The van der Waals surface area contributed by atoms with Crippen molar-refractivity contribution in [3.8, 4) is 0 Å². The molecule has 0 aliphatic heterocycles. The van der Waals surface area contributed by atoms with Crippen molar-refractivity contribution in [2.75, 3.05) is 0 Å². The van der Waals surface area contributed by atoms with Crippen LogP contribution >= 0.6 is 23.2 Å². The van der Waals surface area contributed by atoms with Crippen molar-refractivity contribution in [3.05, 3.63) is 46.1 Å². The van der Waals surface area contributed by atoms with E-state index < -0.39 is 5.97 Å². The second-order valence-corrected chi connectivity index (χ2v) is 7.45. The fourth-order valence-electron chi connectivity index (χ4n) is 4.17. The summed E-state index contributed by atoms with van der Waals surface area (Å²) in [7, 11) is 0. The lowest BCUT2D eigenvalue weighted by molar-refractivity contribution is -0.138. The van der Waals surface area contributed by atoms with E-state index in [0.717, 1.165) is 42.3 Å². The summed E-state index contributed by atoms with van der Waals surface area (Å²) in [6.07, 6.45) is 5.49. The van der Waals surface area contributed by atoms with Crippen LogP contribution in [0.2, 0.25) is 10.0 Å². The Balaban J connectivity index is 2.30. The number of nitrogens with one attached hydrogen (secondary N) is 1. The number of aromatic nitrogens is 1. The average Bonchev–Trinajstić information content (AvgIpc) is 2.94. The molecule has 128 valence electrons. The van der Waals surface area contributed by atoms with Crippen LogP contribution in [0.15, 0.2) is 24.8 Å². The SMILES string of the molecule is C=CC[C@H]1CC[C@@](CC)(CC(=O)O)c2[nH]c3c(Cl)c(Cl)ccc3c21. The molecule has 0 spiro atoms. The molecule has 2 atom stereocenters. The molecule has 0 bridgehead atoms. The van der Waals surface area contributed by atoms with Gasteiger partial charge in [-0.05, 0) is 43.2 Å². The van der Waals surface area contributed by atoms with Crippen LogP contribution in [-0.2, 0) is 10.2 Å². The van der Waals surface area contributed by atoms with Gasteiger partial charge in [0, 0.05) is 16.5 Å². The van der Waals surface area contributed by atoms with Gasteiger partial charge in [0.1, 0.15) is 0 Å². The Hall–Kier alpha value is -1.45. The quantitative estimate of drug-likeness (QED) is 0.633. The summed E-state index contributed by atoms with van der Waals surface area (Å²) < 4.78 is 0. The maximum absolute atomic E-state index is 11.5. The fraction of sp³-hybridized carbons (Fsp3) is 0.421. The molecular formula is C19H21Cl2NO2. The molecule has 1 aromatic heterocycles.